The maximum absolute atomic E-state index is 10.6. The number of carboxylic acids is 2. The Labute approximate surface area is 171 Å². The Kier molecular flexibility index (Phi) is 16.8. The standard InChI is InChI=1S/C22H41ClO4/c1-18(12-6-3-4-9-17-21(24)25)14-10-11-15-19(2)13-7-5-8-16-20(23)22(26)27/h18-20H,3-17H2,1-2H3,(H,24,25)(H,26,27). The van der Waals surface area contributed by atoms with E-state index in [2.05, 4.69) is 13.8 Å². The van der Waals surface area contributed by atoms with Gasteiger partial charge in [-0.3, -0.25) is 9.59 Å². The summed E-state index contributed by atoms with van der Waals surface area (Å²) in [4.78, 5) is 21.1. The van der Waals surface area contributed by atoms with Crippen LogP contribution in [-0.2, 0) is 9.59 Å². The molecule has 0 aromatic heterocycles. The smallest absolute Gasteiger partial charge is 0.321 e. The molecule has 0 radical (unpaired) electrons. The van der Waals surface area contributed by atoms with Gasteiger partial charge in [0.15, 0.2) is 0 Å². The molecular formula is C22H41ClO4. The van der Waals surface area contributed by atoms with E-state index in [1.807, 2.05) is 0 Å². The summed E-state index contributed by atoms with van der Waals surface area (Å²) in [5.41, 5.74) is 0. The molecule has 0 fully saturated rings. The van der Waals surface area contributed by atoms with Gasteiger partial charge in [0.2, 0.25) is 0 Å². The summed E-state index contributed by atoms with van der Waals surface area (Å²) in [5, 5.41) is 16.6. The molecule has 0 rings (SSSR count). The van der Waals surface area contributed by atoms with Gasteiger partial charge in [0, 0.05) is 6.42 Å². The quantitative estimate of drug-likeness (QED) is 0.181. The molecule has 0 amide bonds. The van der Waals surface area contributed by atoms with Crippen LogP contribution in [0.5, 0.6) is 0 Å². The number of carboxylic acid groups (broad SMARTS) is 2. The van der Waals surface area contributed by atoms with E-state index in [9.17, 15) is 9.59 Å². The van der Waals surface area contributed by atoms with Gasteiger partial charge >= 0.3 is 11.9 Å². The lowest BCUT2D eigenvalue weighted by atomic mass is 9.93. The third-order valence-electron chi connectivity index (χ3n) is 5.40. The molecule has 0 aliphatic heterocycles. The van der Waals surface area contributed by atoms with Crippen molar-refractivity contribution in [1.82, 2.24) is 0 Å². The van der Waals surface area contributed by atoms with Crippen LogP contribution in [0.1, 0.15) is 110 Å². The fourth-order valence-corrected chi connectivity index (χ4v) is 3.67. The molecule has 0 aliphatic rings. The van der Waals surface area contributed by atoms with E-state index < -0.39 is 17.3 Å². The van der Waals surface area contributed by atoms with Crippen molar-refractivity contribution >= 4 is 23.5 Å². The monoisotopic (exact) mass is 404 g/mol. The third kappa shape index (κ3) is 18.4. The van der Waals surface area contributed by atoms with Crippen LogP contribution in [0.3, 0.4) is 0 Å². The zero-order chi connectivity index (χ0) is 20.5. The molecule has 3 atom stereocenters. The number of hydrogen-bond acceptors (Lipinski definition) is 2. The summed E-state index contributed by atoms with van der Waals surface area (Å²) in [5.74, 6) is -0.0598. The van der Waals surface area contributed by atoms with Crippen molar-refractivity contribution in [3.63, 3.8) is 0 Å². The van der Waals surface area contributed by atoms with E-state index in [4.69, 9.17) is 21.8 Å². The number of hydrogen-bond donors (Lipinski definition) is 2. The highest BCUT2D eigenvalue weighted by molar-refractivity contribution is 6.29. The Balaban J connectivity index is 3.42. The van der Waals surface area contributed by atoms with E-state index in [1.54, 1.807) is 0 Å². The number of unbranched alkanes of at least 4 members (excludes halogenated alkanes) is 6. The minimum atomic E-state index is -0.905. The highest BCUT2D eigenvalue weighted by Crippen LogP contribution is 2.21. The predicted molar refractivity (Wildman–Crippen MR) is 112 cm³/mol. The number of carbonyl (C=O) groups is 2. The number of aliphatic carboxylic acids is 2. The maximum Gasteiger partial charge on any atom is 0.321 e. The van der Waals surface area contributed by atoms with Crippen molar-refractivity contribution in [2.45, 2.75) is 116 Å². The van der Waals surface area contributed by atoms with E-state index in [0.717, 1.165) is 43.9 Å². The number of halogens is 1. The molecule has 5 heteroatoms. The fourth-order valence-electron chi connectivity index (χ4n) is 3.51. The van der Waals surface area contributed by atoms with Crippen LogP contribution in [0, 0.1) is 11.8 Å². The van der Waals surface area contributed by atoms with Crippen molar-refractivity contribution in [1.29, 1.82) is 0 Å². The van der Waals surface area contributed by atoms with Gasteiger partial charge in [-0.25, -0.2) is 0 Å². The molecule has 0 bridgehead atoms. The Morgan fingerprint density at radius 1 is 0.667 bits per heavy atom. The van der Waals surface area contributed by atoms with Gasteiger partial charge in [0.05, 0.1) is 0 Å². The van der Waals surface area contributed by atoms with Gasteiger partial charge in [0.25, 0.3) is 0 Å². The SMILES string of the molecule is CC(CCCCCCC(=O)O)CCCCC(C)CCCCCC(Cl)C(=O)O. The Hall–Kier alpha value is -0.770. The first-order chi connectivity index (χ1) is 12.8. The summed E-state index contributed by atoms with van der Waals surface area (Å²) in [6.07, 6.45) is 15.9. The molecule has 0 heterocycles. The van der Waals surface area contributed by atoms with Gasteiger partial charge in [0.1, 0.15) is 5.38 Å². The molecule has 3 unspecified atom stereocenters. The molecule has 160 valence electrons. The number of rotatable bonds is 19. The first-order valence-corrected chi connectivity index (χ1v) is 11.3. The van der Waals surface area contributed by atoms with Crippen molar-refractivity contribution in [2.75, 3.05) is 0 Å². The summed E-state index contributed by atoms with van der Waals surface area (Å²) in [6, 6.07) is 0. The van der Waals surface area contributed by atoms with Crippen LogP contribution in [0.2, 0.25) is 0 Å². The average Bonchev–Trinajstić information content (AvgIpc) is 2.60. The van der Waals surface area contributed by atoms with Crippen molar-refractivity contribution in [2.24, 2.45) is 11.8 Å². The van der Waals surface area contributed by atoms with E-state index in [-0.39, 0.29) is 0 Å². The molecule has 27 heavy (non-hydrogen) atoms. The number of alkyl halides is 1. The van der Waals surface area contributed by atoms with Crippen molar-refractivity contribution < 1.29 is 19.8 Å². The molecule has 0 spiro atoms. The summed E-state index contributed by atoms with van der Waals surface area (Å²) >= 11 is 5.71. The molecular weight excluding hydrogens is 364 g/mol. The molecule has 4 nitrogen and oxygen atoms in total. The van der Waals surface area contributed by atoms with Crippen LogP contribution in [0.25, 0.3) is 0 Å². The highest BCUT2D eigenvalue weighted by atomic mass is 35.5. The first kappa shape index (κ1) is 26.2. The second-order valence-corrected chi connectivity index (χ2v) is 8.81. The lowest BCUT2D eigenvalue weighted by Crippen LogP contribution is -2.12. The molecule has 0 saturated carbocycles. The van der Waals surface area contributed by atoms with Gasteiger partial charge in [-0.2, -0.15) is 0 Å². The molecule has 0 saturated heterocycles. The van der Waals surface area contributed by atoms with Crippen LogP contribution in [-0.4, -0.2) is 27.5 Å². The van der Waals surface area contributed by atoms with Crippen molar-refractivity contribution in [3.05, 3.63) is 0 Å². The van der Waals surface area contributed by atoms with Gasteiger partial charge < -0.3 is 10.2 Å². The summed E-state index contributed by atoms with van der Waals surface area (Å²) in [7, 11) is 0. The third-order valence-corrected chi connectivity index (χ3v) is 5.81. The average molecular weight is 405 g/mol. The van der Waals surface area contributed by atoms with Gasteiger partial charge in [-0.1, -0.05) is 90.9 Å². The maximum atomic E-state index is 10.6. The predicted octanol–water partition coefficient (Wildman–Crippen LogP) is 6.89. The van der Waals surface area contributed by atoms with Crippen LogP contribution in [0.4, 0.5) is 0 Å². The Morgan fingerprint density at radius 2 is 1.04 bits per heavy atom. The molecule has 0 aromatic rings. The summed E-state index contributed by atoms with van der Waals surface area (Å²) in [6.45, 7) is 4.66. The second kappa shape index (κ2) is 17.3. The minimum Gasteiger partial charge on any atom is -0.481 e. The second-order valence-electron chi connectivity index (χ2n) is 8.29. The molecule has 0 aliphatic carbocycles. The van der Waals surface area contributed by atoms with Crippen LogP contribution >= 0.6 is 11.6 Å². The van der Waals surface area contributed by atoms with Gasteiger partial charge in [-0.15, -0.1) is 11.6 Å². The fraction of sp³-hybridized carbons (Fsp3) is 0.909. The van der Waals surface area contributed by atoms with E-state index in [1.165, 1.54) is 51.4 Å². The van der Waals surface area contributed by atoms with E-state index in [0.29, 0.717) is 12.8 Å². The zero-order valence-corrected chi connectivity index (χ0v) is 18.2. The summed E-state index contributed by atoms with van der Waals surface area (Å²) < 4.78 is 0. The topological polar surface area (TPSA) is 74.6 Å². The lowest BCUT2D eigenvalue weighted by Gasteiger charge is -2.14. The zero-order valence-electron chi connectivity index (χ0n) is 17.4. The highest BCUT2D eigenvalue weighted by Gasteiger charge is 2.12. The van der Waals surface area contributed by atoms with E-state index >= 15 is 0 Å². The molecule has 0 aromatic carbocycles. The van der Waals surface area contributed by atoms with Crippen LogP contribution in [0.15, 0.2) is 0 Å². The minimum absolute atomic E-state index is 0.309. The van der Waals surface area contributed by atoms with Crippen LogP contribution < -0.4 is 0 Å². The van der Waals surface area contributed by atoms with Gasteiger partial charge in [-0.05, 0) is 24.7 Å². The Bertz CT molecular complexity index is 387. The lowest BCUT2D eigenvalue weighted by molar-refractivity contribution is -0.138. The van der Waals surface area contributed by atoms with Crippen molar-refractivity contribution in [3.8, 4) is 0 Å². The normalized spacial score (nSPS) is 14.6. The molecule has 2 N–H and O–H groups in total. The largest absolute Gasteiger partial charge is 0.481 e. The first-order valence-electron chi connectivity index (χ1n) is 10.9. The Morgan fingerprint density at radius 3 is 1.48 bits per heavy atom.